The molecule has 0 aliphatic carbocycles. The zero-order valence-corrected chi connectivity index (χ0v) is 20.1. The third-order valence-corrected chi connectivity index (χ3v) is 5.77. The Labute approximate surface area is 215 Å². The fourth-order valence-electron chi connectivity index (χ4n) is 4.07. The van der Waals surface area contributed by atoms with E-state index >= 15 is 0 Å². The molecular formula is C28H22F4N4O2. The van der Waals surface area contributed by atoms with Gasteiger partial charge in [0, 0.05) is 23.6 Å². The molecule has 0 spiro atoms. The molecule has 2 aromatic carbocycles. The van der Waals surface area contributed by atoms with Crippen LogP contribution in [0.4, 0.5) is 23.2 Å². The van der Waals surface area contributed by atoms with Crippen molar-refractivity contribution in [3.63, 3.8) is 0 Å². The Balaban J connectivity index is 1.85. The topological polar surface area (TPSA) is 79.0 Å². The molecule has 0 radical (unpaired) electrons. The minimum Gasteiger partial charge on any atom is -0.390 e. The van der Waals surface area contributed by atoms with Gasteiger partial charge in [0.1, 0.15) is 11.5 Å². The minimum absolute atomic E-state index is 0.144. The van der Waals surface area contributed by atoms with Crippen LogP contribution in [0.2, 0.25) is 0 Å². The van der Waals surface area contributed by atoms with Crippen LogP contribution in [0.15, 0.2) is 84.1 Å². The Morgan fingerprint density at radius 3 is 2.58 bits per heavy atom. The number of allylic oxidation sites excluding steroid dienone is 3. The van der Waals surface area contributed by atoms with Gasteiger partial charge in [-0.3, -0.25) is 14.2 Å². The number of nitrogens with one attached hydrogen (secondary N) is 1. The zero-order valence-electron chi connectivity index (χ0n) is 20.1. The molecule has 0 aliphatic heterocycles. The third-order valence-electron chi connectivity index (χ3n) is 5.77. The Morgan fingerprint density at radius 2 is 1.92 bits per heavy atom. The van der Waals surface area contributed by atoms with Crippen LogP contribution in [0.1, 0.15) is 34.2 Å². The van der Waals surface area contributed by atoms with Gasteiger partial charge in [0.2, 0.25) is 0 Å². The summed E-state index contributed by atoms with van der Waals surface area (Å²) in [5.74, 6) is -1.55. The highest BCUT2D eigenvalue weighted by atomic mass is 19.4. The highest BCUT2D eigenvalue weighted by Crippen LogP contribution is 2.36. The van der Waals surface area contributed by atoms with Gasteiger partial charge >= 0.3 is 6.18 Å². The minimum atomic E-state index is -4.79. The van der Waals surface area contributed by atoms with Gasteiger partial charge in [0.15, 0.2) is 0 Å². The summed E-state index contributed by atoms with van der Waals surface area (Å²) in [6.45, 7) is 4.83. The SMILES string of the molecule is C=N/C=C\C=C(/C)c1c(CO)nc2c(-c3ccc(C(F)(F)F)c(C(=O)Nc4ccc(F)cc4)c3)cccn12. The molecule has 0 saturated carbocycles. The molecule has 2 heterocycles. The number of carbonyl (C=O) groups excluding carboxylic acids is 1. The van der Waals surface area contributed by atoms with E-state index in [0.29, 0.717) is 28.2 Å². The van der Waals surface area contributed by atoms with Crippen molar-refractivity contribution in [2.24, 2.45) is 4.99 Å². The molecule has 2 aromatic heterocycles. The standard InChI is InChI=1S/C28H22F4N4O2/c1-17(5-3-13-33-2)25-24(16-37)35-26-21(6-4-14-36(25)26)18-7-12-23(28(30,31)32)22(15-18)27(38)34-20-10-8-19(29)9-11-20/h3-15,37H,2,16H2,1H3,(H,34,38)/b13-3-,17-5+. The van der Waals surface area contributed by atoms with E-state index in [1.54, 1.807) is 34.9 Å². The number of anilines is 1. The monoisotopic (exact) mass is 522 g/mol. The van der Waals surface area contributed by atoms with Crippen molar-refractivity contribution < 1.29 is 27.5 Å². The summed E-state index contributed by atoms with van der Waals surface area (Å²) in [5, 5.41) is 12.3. The maximum absolute atomic E-state index is 13.8. The van der Waals surface area contributed by atoms with Crippen molar-refractivity contribution in [1.82, 2.24) is 9.38 Å². The number of aliphatic imine (C=N–C) groups is 1. The summed E-state index contributed by atoms with van der Waals surface area (Å²) >= 11 is 0. The fourth-order valence-corrected chi connectivity index (χ4v) is 4.07. The van der Waals surface area contributed by atoms with Crippen LogP contribution >= 0.6 is 0 Å². The van der Waals surface area contributed by atoms with E-state index in [0.717, 1.165) is 29.8 Å². The lowest BCUT2D eigenvalue weighted by atomic mass is 9.98. The first kappa shape index (κ1) is 26.5. The lowest BCUT2D eigenvalue weighted by Gasteiger charge is -2.15. The molecule has 4 aromatic rings. The van der Waals surface area contributed by atoms with Gasteiger partial charge in [-0.25, -0.2) is 9.37 Å². The van der Waals surface area contributed by atoms with Gasteiger partial charge in [0.25, 0.3) is 5.91 Å². The number of pyridine rings is 1. The quantitative estimate of drug-likeness (QED) is 0.165. The fraction of sp³-hybridized carbons (Fsp3) is 0.107. The average Bonchev–Trinajstić information content (AvgIpc) is 3.28. The van der Waals surface area contributed by atoms with Crippen LogP contribution in [-0.2, 0) is 12.8 Å². The van der Waals surface area contributed by atoms with Crippen molar-refractivity contribution in [3.8, 4) is 11.1 Å². The second-order valence-corrected chi connectivity index (χ2v) is 8.27. The van der Waals surface area contributed by atoms with Gasteiger partial charge in [0.05, 0.1) is 29.1 Å². The number of alkyl halides is 3. The van der Waals surface area contributed by atoms with Crippen molar-refractivity contribution in [2.75, 3.05) is 5.32 Å². The number of hydrogen-bond donors (Lipinski definition) is 2. The molecular weight excluding hydrogens is 500 g/mol. The lowest BCUT2D eigenvalue weighted by Crippen LogP contribution is -2.19. The molecule has 194 valence electrons. The molecule has 4 rings (SSSR count). The van der Waals surface area contributed by atoms with Crippen LogP contribution in [0, 0.1) is 5.82 Å². The highest BCUT2D eigenvalue weighted by molar-refractivity contribution is 6.06. The van der Waals surface area contributed by atoms with Crippen molar-refractivity contribution in [2.45, 2.75) is 19.7 Å². The molecule has 38 heavy (non-hydrogen) atoms. The molecule has 1 amide bonds. The van der Waals surface area contributed by atoms with Crippen molar-refractivity contribution >= 4 is 29.5 Å². The molecule has 0 fully saturated rings. The van der Waals surface area contributed by atoms with Crippen LogP contribution < -0.4 is 5.32 Å². The van der Waals surface area contributed by atoms with Gasteiger partial charge < -0.3 is 10.4 Å². The van der Waals surface area contributed by atoms with E-state index in [1.807, 2.05) is 6.92 Å². The maximum atomic E-state index is 13.8. The third kappa shape index (κ3) is 5.40. The van der Waals surface area contributed by atoms with Crippen LogP contribution in [-0.4, -0.2) is 27.1 Å². The summed E-state index contributed by atoms with van der Waals surface area (Å²) in [6, 6.07) is 11.3. The van der Waals surface area contributed by atoms with Crippen LogP contribution in [0.3, 0.4) is 0 Å². The number of hydrogen-bond acceptors (Lipinski definition) is 4. The van der Waals surface area contributed by atoms with E-state index in [-0.39, 0.29) is 12.3 Å². The van der Waals surface area contributed by atoms with Gasteiger partial charge in [-0.15, -0.1) is 0 Å². The number of fused-ring (bicyclic) bond motifs is 1. The van der Waals surface area contributed by atoms with E-state index in [4.69, 9.17) is 0 Å². The van der Waals surface area contributed by atoms with E-state index in [9.17, 15) is 27.5 Å². The van der Waals surface area contributed by atoms with Gasteiger partial charge in [-0.2, -0.15) is 13.2 Å². The average molecular weight is 523 g/mol. The first-order valence-electron chi connectivity index (χ1n) is 11.3. The van der Waals surface area contributed by atoms with E-state index in [2.05, 4.69) is 22.0 Å². The molecule has 0 bridgehead atoms. The number of aliphatic hydroxyl groups excluding tert-OH is 1. The second-order valence-electron chi connectivity index (χ2n) is 8.27. The number of nitrogens with zero attached hydrogens (tertiary/aromatic N) is 3. The summed E-state index contributed by atoms with van der Waals surface area (Å²) in [6.07, 6.45) is 1.87. The molecule has 10 heteroatoms. The van der Waals surface area contributed by atoms with Gasteiger partial charge in [-0.1, -0.05) is 12.1 Å². The summed E-state index contributed by atoms with van der Waals surface area (Å²) in [7, 11) is 0. The Kier molecular flexibility index (Phi) is 7.54. The Hall–Kier alpha value is -4.57. The second kappa shape index (κ2) is 10.8. The smallest absolute Gasteiger partial charge is 0.390 e. The number of amides is 1. The molecule has 6 nitrogen and oxygen atoms in total. The predicted molar refractivity (Wildman–Crippen MR) is 138 cm³/mol. The Bertz CT molecular complexity index is 1570. The van der Waals surface area contributed by atoms with Crippen molar-refractivity contribution in [3.05, 3.63) is 107 Å². The Morgan fingerprint density at radius 1 is 1.18 bits per heavy atom. The number of rotatable bonds is 7. The van der Waals surface area contributed by atoms with E-state index in [1.165, 1.54) is 24.4 Å². The van der Waals surface area contributed by atoms with Gasteiger partial charge in [-0.05, 0) is 79.4 Å². The summed E-state index contributed by atoms with van der Waals surface area (Å²) in [5.41, 5.74) is 1.31. The molecule has 0 saturated heterocycles. The maximum Gasteiger partial charge on any atom is 0.417 e. The zero-order chi connectivity index (χ0) is 27.4. The normalized spacial score (nSPS) is 12.3. The summed E-state index contributed by atoms with van der Waals surface area (Å²) in [4.78, 5) is 21.1. The molecule has 0 atom stereocenters. The molecule has 2 N–H and O–H groups in total. The molecule has 0 aliphatic rings. The van der Waals surface area contributed by atoms with Crippen LogP contribution in [0.25, 0.3) is 22.3 Å². The number of halogens is 4. The van der Waals surface area contributed by atoms with Crippen LogP contribution in [0.5, 0.6) is 0 Å². The van der Waals surface area contributed by atoms with E-state index < -0.39 is 29.0 Å². The largest absolute Gasteiger partial charge is 0.417 e. The number of aromatic nitrogens is 2. The number of aliphatic hydroxyl groups is 1. The number of carbonyl (C=O) groups is 1. The number of imidazole rings is 1. The lowest BCUT2D eigenvalue weighted by molar-refractivity contribution is -0.137. The summed E-state index contributed by atoms with van der Waals surface area (Å²) < 4.78 is 56.4. The molecule has 0 unspecified atom stereocenters. The first-order chi connectivity index (χ1) is 18.1. The first-order valence-corrected chi connectivity index (χ1v) is 11.3. The van der Waals surface area contributed by atoms with Crippen molar-refractivity contribution in [1.29, 1.82) is 0 Å². The highest BCUT2D eigenvalue weighted by Gasteiger charge is 2.35. The predicted octanol–water partition coefficient (Wildman–Crippen LogP) is 6.52. The number of benzene rings is 2.